The van der Waals surface area contributed by atoms with E-state index >= 15 is 0 Å². The van der Waals surface area contributed by atoms with Crippen LogP contribution in [-0.4, -0.2) is 20.6 Å². The molecule has 0 saturated heterocycles. The number of hydrogen-bond donors (Lipinski definition) is 1. The molecule has 1 heterocycles. The molecule has 0 radical (unpaired) electrons. The summed E-state index contributed by atoms with van der Waals surface area (Å²) in [4.78, 5) is 23.6. The third-order valence-corrected chi connectivity index (χ3v) is 5.86. The number of benzene rings is 3. The number of nitro benzene ring substituents is 1. The second-order valence-electron chi connectivity index (χ2n) is 8.44. The summed E-state index contributed by atoms with van der Waals surface area (Å²) in [6.45, 7) is 5.71. The average Bonchev–Trinajstić information content (AvgIpc) is 3.11. The molecular formula is C27H25FN4O4. The fourth-order valence-corrected chi connectivity index (χ4v) is 3.90. The van der Waals surface area contributed by atoms with Crippen LogP contribution >= 0.6 is 0 Å². The summed E-state index contributed by atoms with van der Waals surface area (Å²) >= 11 is 0. The minimum Gasteiger partial charge on any atom is -0.489 e. The van der Waals surface area contributed by atoms with E-state index in [1.54, 1.807) is 67.1 Å². The van der Waals surface area contributed by atoms with Crippen LogP contribution in [0.2, 0.25) is 0 Å². The molecule has 1 N–H and O–H groups in total. The number of rotatable bonds is 8. The number of nitro groups is 1. The van der Waals surface area contributed by atoms with Crippen molar-refractivity contribution in [2.75, 3.05) is 5.32 Å². The predicted octanol–water partition coefficient (Wildman–Crippen LogP) is 5.74. The van der Waals surface area contributed by atoms with Gasteiger partial charge in [0.25, 0.3) is 11.6 Å². The van der Waals surface area contributed by atoms with Gasteiger partial charge in [0.05, 0.1) is 28.5 Å². The lowest BCUT2D eigenvalue weighted by Crippen LogP contribution is -2.14. The largest absolute Gasteiger partial charge is 0.489 e. The van der Waals surface area contributed by atoms with Gasteiger partial charge in [-0.25, -0.2) is 4.39 Å². The lowest BCUT2D eigenvalue weighted by Gasteiger charge is -2.10. The third-order valence-electron chi connectivity index (χ3n) is 5.86. The third kappa shape index (κ3) is 5.41. The van der Waals surface area contributed by atoms with Crippen LogP contribution in [0.1, 0.15) is 38.4 Å². The van der Waals surface area contributed by atoms with Gasteiger partial charge < -0.3 is 10.1 Å². The van der Waals surface area contributed by atoms with Crippen molar-refractivity contribution in [3.05, 3.63) is 116 Å². The van der Waals surface area contributed by atoms with Gasteiger partial charge in [-0.1, -0.05) is 30.3 Å². The van der Waals surface area contributed by atoms with Crippen LogP contribution < -0.4 is 10.1 Å². The minimum absolute atomic E-state index is 0.0313. The Balaban J connectivity index is 1.45. The van der Waals surface area contributed by atoms with Crippen molar-refractivity contribution in [2.24, 2.45) is 0 Å². The van der Waals surface area contributed by atoms with Gasteiger partial charge in [0.2, 0.25) is 0 Å². The van der Waals surface area contributed by atoms with Crippen LogP contribution in [0.4, 0.5) is 15.8 Å². The van der Waals surface area contributed by atoms with E-state index in [-0.39, 0.29) is 30.6 Å². The molecule has 0 saturated carbocycles. The number of hydrogen-bond acceptors (Lipinski definition) is 5. The molecule has 1 amide bonds. The highest BCUT2D eigenvalue weighted by atomic mass is 19.1. The van der Waals surface area contributed by atoms with Gasteiger partial charge in [-0.15, -0.1) is 0 Å². The van der Waals surface area contributed by atoms with E-state index in [1.807, 2.05) is 13.0 Å². The summed E-state index contributed by atoms with van der Waals surface area (Å²) in [5, 5.41) is 18.4. The number of anilines is 1. The SMILES string of the molecule is Cc1cc(OCc2cccc(C(=O)Nc3c(C)nn(Cc4ccccc4F)c3C)c2)ccc1[N+](=O)[O-]. The molecule has 0 aliphatic rings. The zero-order valence-electron chi connectivity index (χ0n) is 20.1. The van der Waals surface area contributed by atoms with Crippen molar-refractivity contribution in [1.29, 1.82) is 0 Å². The Bertz CT molecular complexity index is 1450. The van der Waals surface area contributed by atoms with E-state index in [2.05, 4.69) is 10.4 Å². The van der Waals surface area contributed by atoms with Crippen LogP contribution in [-0.2, 0) is 13.2 Å². The standard InChI is InChI=1S/C27H25FN4O4/c1-17-13-23(11-12-25(17)32(34)35)36-16-20-7-6-9-21(14-20)27(33)29-26-18(2)30-31(19(26)3)15-22-8-4-5-10-24(22)28/h4-14H,15-16H2,1-3H3,(H,29,33). The minimum atomic E-state index is -0.436. The number of carbonyl (C=O) groups excluding carboxylic acids is 1. The first-order valence-corrected chi connectivity index (χ1v) is 11.3. The number of ether oxygens (including phenoxy) is 1. The molecule has 1 aromatic heterocycles. The zero-order valence-corrected chi connectivity index (χ0v) is 20.1. The summed E-state index contributed by atoms with van der Waals surface area (Å²) in [7, 11) is 0. The van der Waals surface area contributed by atoms with Crippen molar-refractivity contribution in [3.8, 4) is 5.75 Å². The molecule has 0 bridgehead atoms. The Morgan fingerprint density at radius 2 is 1.86 bits per heavy atom. The van der Waals surface area contributed by atoms with Gasteiger partial charge in [-0.05, 0) is 56.7 Å². The maximum absolute atomic E-state index is 14.1. The van der Waals surface area contributed by atoms with Crippen molar-refractivity contribution in [2.45, 2.75) is 33.9 Å². The average molecular weight is 489 g/mol. The van der Waals surface area contributed by atoms with E-state index < -0.39 is 4.92 Å². The summed E-state index contributed by atoms with van der Waals surface area (Å²) in [5.41, 5.74) is 4.19. The molecule has 0 fully saturated rings. The second-order valence-corrected chi connectivity index (χ2v) is 8.44. The molecule has 0 atom stereocenters. The number of amides is 1. The van der Waals surface area contributed by atoms with E-state index in [0.717, 1.165) is 11.3 Å². The van der Waals surface area contributed by atoms with Gasteiger partial charge in [-0.2, -0.15) is 5.10 Å². The predicted molar refractivity (Wildman–Crippen MR) is 134 cm³/mol. The highest BCUT2D eigenvalue weighted by Gasteiger charge is 2.17. The van der Waals surface area contributed by atoms with Crippen molar-refractivity contribution >= 4 is 17.3 Å². The lowest BCUT2D eigenvalue weighted by molar-refractivity contribution is -0.385. The van der Waals surface area contributed by atoms with Gasteiger partial charge in [-0.3, -0.25) is 19.6 Å². The molecule has 8 nitrogen and oxygen atoms in total. The van der Waals surface area contributed by atoms with Crippen LogP contribution in [0.15, 0.2) is 66.7 Å². The van der Waals surface area contributed by atoms with Gasteiger partial charge >= 0.3 is 0 Å². The maximum atomic E-state index is 14.1. The summed E-state index contributed by atoms with van der Waals surface area (Å²) in [6, 6.07) is 18.1. The van der Waals surface area contributed by atoms with Crippen LogP contribution in [0.25, 0.3) is 0 Å². The second kappa shape index (κ2) is 10.4. The number of carbonyl (C=O) groups is 1. The molecule has 4 aromatic rings. The molecule has 36 heavy (non-hydrogen) atoms. The molecule has 4 rings (SSSR count). The van der Waals surface area contributed by atoms with Crippen molar-refractivity contribution in [3.63, 3.8) is 0 Å². The van der Waals surface area contributed by atoms with E-state index in [9.17, 15) is 19.3 Å². The van der Waals surface area contributed by atoms with E-state index in [0.29, 0.717) is 33.8 Å². The van der Waals surface area contributed by atoms with Crippen molar-refractivity contribution < 1.29 is 18.8 Å². The van der Waals surface area contributed by atoms with E-state index in [4.69, 9.17) is 4.74 Å². The topological polar surface area (TPSA) is 99.3 Å². The molecule has 0 unspecified atom stereocenters. The lowest BCUT2D eigenvalue weighted by atomic mass is 10.1. The summed E-state index contributed by atoms with van der Waals surface area (Å²) in [6.07, 6.45) is 0. The number of nitrogens with zero attached hydrogens (tertiary/aromatic N) is 3. The molecule has 0 aliphatic carbocycles. The zero-order chi connectivity index (χ0) is 25.8. The number of aromatic nitrogens is 2. The fourth-order valence-electron chi connectivity index (χ4n) is 3.90. The molecular weight excluding hydrogens is 463 g/mol. The summed E-state index contributed by atoms with van der Waals surface area (Å²) < 4.78 is 21.5. The summed E-state index contributed by atoms with van der Waals surface area (Å²) in [5.74, 6) is -0.111. The quantitative estimate of drug-likeness (QED) is 0.252. The number of aryl methyl sites for hydroxylation is 2. The first kappa shape index (κ1) is 24.6. The van der Waals surface area contributed by atoms with Gasteiger partial charge in [0.1, 0.15) is 18.2 Å². The molecule has 0 aliphatic heterocycles. The Labute approximate surface area is 207 Å². The Morgan fingerprint density at radius 3 is 2.58 bits per heavy atom. The normalized spacial score (nSPS) is 10.8. The number of halogens is 1. The Morgan fingerprint density at radius 1 is 1.08 bits per heavy atom. The van der Waals surface area contributed by atoms with Crippen LogP contribution in [0.5, 0.6) is 5.75 Å². The van der Waals surface area contributed by atoms with Gasteiger partial charge in [0.15, 0.2) is 0 Å². The van der Waals surface area contributed by atoms with Crippen LogP contribution in [0, 0.1) is 36.7 Å². The van der Waals surface area contributed by atoms with Crippen molar-refractivity contribution in [1.82, 2.24) is 9.78 Å². The first-order chi connectivity index (χ1) is 17.2. The molecule has 184 valence electrons. The molecule has 0 spiro atoms. The number of nitrogens with one attached hydrogen (secondary N) is 1. The smallest absolute Gasteiger partial charge is 0.272 e. The highest BCUT2D eigenvalue weighted by Crippen LogP contribution is 2.25. The first-order valence-electron chi connectivity index (χ1n) is 11.3. The fraction of sp³-hybridized carbons (Fsp3) is 0.185. The van der Waals surface area contributed by atoms with Gasteiger partial charge in [0, 0.05) is 22.8 Å². The maximum Gasteiger partial charge on any atom is 0.272 e. The molecule has 9 heteroatoms. The monoisotopic (exact) mass is 488 g/mol. The van der Waals surface area contributed by atoms with Crippen LogP contribution in [0.3, 0.4) is 0 Å². The highest BCUT2D eigenvalue weighted by molar-refractivity contribution is 6.05. The molecule has 3 aromatic carbocycles. The Hall–Kier alpha value is -4.53. The van der Waals surface area contributed by atoms with E-state index in [1.165, 1.54) is 12.1 Å². The Kier molecular flexibility index (Phi) is 7.10.